The van der Waals surface area contributed by atoms with Crippen LogP contribution in [0, 0.1) is 29.1 Å². The van der Waals surface area contributed by atoms with Crippen molar-refractivity contribution >= 4 is 11.9 Å². The Bertz CT molecular complexity index is 627. The molecule has 0 aliphatic heterocycles. The van der Waals surface area contributed by atoms with E-state index in [0.29, 0.717) is 0 Å². The fourth-order valence-electron chi connectivity index (χ4n) is 1.56. The number of rotatable bonds is 4. The first-order valence-electron chi connectivity index (χ1n) is 5.59. The lowest BCUT2D eigenvalue weighted by Gasteiger charge is -2.20. The van der Waals surface area contributed by atoms with Crippen molar-refractivity contribution in [3.63, 3.8) is 0 Å². The number of hydrogen-bond acceptors (Lipinski definition) is 4. The average Bonchev–Trinajstić information content (AvgIpc) is 2.48. The lowest BCUT2D eigenvalue weighted by Crippen LogP contribution is -2.21. The molecule has 0 saturated carbocycles. The summed E-state index contributed by atoms with van der Waals surface area (Å²) < 4.78 is 75.5. The van der Waals surface area contributed by atoms with Crippen LogP contribution in [0.2, 0.25) is 0 Å². The van der Waals surface area contributed by atoms with Crippen LogP contribution in [0.3, 0.4) is 0 Å². The van der Waals surface area contributed by atoms with E-state index in [1.54, 1.807) is 0 Å². The highest BCUT2D eigenvalue weighted by atomic mass is 19.2. The van der Waals surface area contributed by atoms with Gasteiger partial charge in [0.1, 0.15) is 0 Å². The number of esters is 2. The molecule has 4 nitrogen and oxygen atoms in total. The summed E-state index contributed by atoms with van der Waals surface area (Å²) in [5, 5.41) is 0. The van der Waals surface area contributed by atoms with Crippen LogP contribution >= 0.6 is 0 Å². The Balaban J connectivity index is 3.60. The topological polar surface area (TPSA) is 52.6 Å². The van der Waals surface area contributed by atoms with E-state index in [2.05, 4.69) is 16.1 Å². The molecule has 0 heterocycles. The Morgan fingerprint density at radius 3 is 1.73 bits per heavy atom. The number of benzene rings is 1. The summed E-state index contributed by atoms with van der Waals surface area (Å²) in [4.78, 5) is 22.3. The van der Waals surface area contributed by atoms with Gasteiger partial charge in [0.25, 0.3) is 0 Å². The molecule has 0 N–H and O–H groups in total. The maximum Gasteiger partial charge on any atom is 0.337 e. The zero-order valence-corrected chi connectivity index (χ0v) is 11.3. The van der Waals surface area contributed by atoms with E-state index >= 15 is 0 Å². The van der Waals surface area contributed by atoms with Crippen molar-refractivity contribution in [2.24, 2.45) is 0 Å². The quantitative estimate of drug-likeness (QED) is 0.281. The minimum atomic E-state index is -2.39. The molecule has 1 aromatic carbocycles. The van der Waals surface area contributed by atoms with Gasteiger partial charge in [-0.1, -0.05) is 6.58 Å². The third-order valence-corrected chi connectivity index (χ3v) is 2.55. The second-order valence-electron chi connectivity index (χ2n) is 3.99. The van der Waals surface area contributed by atoms with Gasteiger partial charge >= 0.3 is 11.9 Å². The SMILES string of the molecule is C=C(C(=O)OC)C(OC(C)=O)c1c(F)c(F)c(F)c(F)c1F. The highest BCUT2D eigenvalue weighted by Crippen LogP contribution is 2.33. The smallest absolute Gasteiger partial charge is 0.337 e. The monoisotopic (exact) mass is 324 g/mol. The van der Waals surface area contributed by atoms with E-state index in [1.807, 2.05) is 0 Å². The van der Waals surface area contributed by atoms with Gasteiger partial charge in [0.2, 0.25) is 5.82 Å². The lowest BCUT2D eigenvalue weighted by atomic mass is 10.0. The minimum absolute atomic E-state index is 0.809. The van der Waals surface area contributed by atoms with Gasteiger partial charge in [0.15, 0.2) is 29.4 Å². The van der Waals surface area contributed by atoms with Crippen molar-refractivity contribution in [3.8, 4) is 0 Å². The van der Waals surface area contributed by atoms with Crippen molar-refractivity contribution in [3.05, 3.63) is 46.8 Å². The summed E-state index contributed by atoms with van der Waals surface area (Å²) in [6, 6.07) is 0. The minimum Gasteiger partial charge on any atom is -0.466 e. The van der Waals surface area contributed by atoms with Crippen molar-refractivity contribution < 1.29 is 41.0 Å². The number of halogens is 5. The highest BCUT2D eigenvalue weighted by molar-refractivity contribution is 5.89. The van der Waals surface area contributed by atoms with Crippen molar-refractivity contribution in [1.82, 2.24) is 0 Å². The molecule has 0 fully saturated rings. The first kappa shape index (κ1) is 17.6. The van der Waals surface area contributed by atoms with E-state index in [4.69, 9.17) is 0 Å². The molecule has 1 aromatic rings. The molecule has 0 bridgehead atoms. The maximum atomic E-state index is 13.7. The molecule has 1 atom stereocenters. The molecular weight excluding hydrogens is 315 g/mol. The summed E-state index contributed by atoms with van der Waals surface area (Å²) >= 11 is 0. The zero-order chi connectivity index (χ0) is 17.2. The first-order valence-corrected chi connectivity index (χ1v) is 5.59. The molecule has 0 amide bonds. The standard InChI is InChI=1S/C13H9F5O4/c1-4(13(20)21-3)12(22-5(2)19)6-7(14)9(16)11(18)10(17)8(6)15/h12H,1H2,2-3H3. The third-order valence-electron chi connectivity index (χ3n) is 2.55. The Kier molecular flexibility index (Phi) is 5.23. The normalized spacial score (nSPS) is 11.8. The van der Waals surface area contributed by atoms with Gasteiger partial charge in [-0.25, -0.2) is 26.7 Å². The molecule has 22 heavy (non-hydrogen) atoms. The van der Waals surface area contributed by atoms with Crippen LogP contribution in [0.1, 0.15) is 18.6 Å². The van der Waals surface area contributed by atoms with Crippen LogP contribution in [0.15, 0.2) is 12.2 Å². The van der Waals surface area contributed by atoms with Gasteiger partial charge in [0, 0.05) is 6.92 Å². The van der Waals surface area contributed by atoms with E-state index in [0.717, 1.165) is 14.0 Å². The molecule has 120 valence electrons. The van der Waals surface area contributed by atoms with E-state index < -0.39 is 58.3 Å². The Hall–Kier alpha value is -2.45. The van der Waals surface area contributed by atoms with Crippen LogP contribution < -0.4 is 0 Å². The third kappa shape index (κ3) is 3.07. The van der Waals surface area contributed by atoms with Crippen LogP contribution in [-0.2, 0) is 19.1 Å². The molecule has 0 spiro atoms. The van der Waals surface area contributed by atoms with Gasteiger partial charge in [0.05, 0.1) is 18.2 Å². The number of carbonyl (C=O) groups is 2. The molecule has 0 aromatic heterocycles. The largest absolute Gasteiger partial charge is 0.466 e. The van der Waals surface area contributed by atoms with Gasteiger partial charge in [-0.15, -0.1) is 0 Å². The van der Waals surface area contributed by atoms with Gasteiger partial charge < -0.3 is 9.47 Å². The molecule has 0 aliphatic carbocycles. The number of ether oxygens (including phenoxy) is 2. The predicted molar refractivity (Wildman–Crippen MR) is 61.9 cm³/mol. The van der Waals surface area contributed by atoms with Crippen LogP contribution in [-0.4, -0.2) is 19.0 Å². The first-order chi connectivity index (χ1) is 10.1. The van der Waals surface area contributed by atoms with E-state index in [9.17, 15) is 31.5 Å². The molecular formula is C13H9F5O4. The zero-order valence-electron chi connectivity index (χ0n) is 11.3. The van der Waals surface area contributed by atoms with Crippen LogP contribution in [0.5, 0.6) is 0 Å². The van der Waals surface area contributed by atoms with Crippen molar-refractivity contribution in [1.29, 1.82) is 0 Å². The summed E-state index contributed by atoms with van der Waals surface area (Å²) in [6.07, 6.45) is -2.23. The van der Waals surface area contributed by atoms with Crippen LogP contribution in [0.25, 0.3) is 0 Å². The fourth-order valence-corrected chi connectivity index (χ4v) is 1.56. The van der Waals surface area contributed by atoms with Gasteiger partial charge in [-0.2, -0.15) is 0 Å². The van der Waals surface area contributed by atoms with E-state index in [-0.39, 0.29) is 0 Å². The maximum absolute atomic E-state index is 13.7. The Labute approximate surface area is 121 Å². The summed E-state index contributed by atoms with van der Waals surface area (Å²) in [7, 11) is 0.886. The molecule has 1 unspecified atom stereocenters. The van der Waals surface area contributed by atoms with Gasteiger partial charge in [-0.05, 0) is 0 Å². The Morgan fingerprint density at radius 1 is 0.955 bits per heavy atom. The summed E-state index contributed by atoms with van der Waals surface area (Å²) in [5.41, 5.74) is -2.33. The summed E-state index contributed by atoms with van der Waals surface area (Å²) in [6.45, 7) is 3.90. The molecule has 0 radical (unpaired) electrons. The second-order valence-corrected chi connectivity index (χ2v) is 3.99. The fraction of sp³-hybridized carbons (Fsp3) is 0.231. The molecule has 0 saturated heterocycles. The lowest BCUT2D eigenvalue weighted by molar-refractivity contribution is -0.147. The molecule has 0 aliphatic rings. The summed E-state index contributed by atoms with van der Waals surface area (Å²) in [5.74, 6) is -13.8. The Morgan fingerprint density at radius 2 is 1.36 bits per heavy atom. The van der Waals surface area contributed by atoms with Crippen LogP contribution in [0.4, 0.5) is 22.0 Å². The average molecular weight is 324 g/mol. The predicted octanol–water partition coefficient (Wildman–Crippen LogP) is 2.72. The molecule has 1 rings (SSSR count). The van der Waals surface area contributed by atoms with Crippen molar-refractivity contribution in [2.75, 3.05) is 7.11 Å². The van der Waals surface area contributed by atoms with Crippen molar-refractivity contribution in [2.45, 2.75) is 13.0 Å². The number of methoxy groups -OCH3 is 1. The highest BCUT2D eigenvalue weighted by Gasteiger charge is 2.35. The number of hydrogen-bond donors (Lipinski definition) is 0. The van der Waals surface area contributed by atoms with E-state index in [1.165, 1.54) is 0 Å². The molecule has 9 heteroatoms. The van der Waals surface area contributed by atoms with Gasteiger partial charge in [-0.3, -0.25) is 4.79 Å². The number of carbonyl (C=O) groups excluding carboxylic acids is 2. The second kappa shape index (κ2) is 6.54.